The lowest BCUT2D eigenvalue weighted by molar-refractivity contribution is 0.253. The number of nitrogens with zero attached hydrogens (tertiary/aromatic N) is 2. The number of hydrogen-bond acceptors (Lipinski definition) is 2. The first kappa shape index (κ1) is 21.0. The fourth-order valence-corrected chi connectivity index (χ4v) is 4.78. The van der Waals surface area contributed by atoms with Crippen molar-refractivity contribution >= 4 is 22.6 Å². The summed E-state index contributed by atoms with van der Waals surface area (Å²) in [6.45, 7) is 1.06. The van der Waals surface area contributed by atoms with Gasteiger partial charge in [0.15, 0.2) is 11.6 Å². The molecule has 1 heterocycles. The minimum Gasteiger partial charge on any atom is -0.493 e. The fourth-order valence-electron chi connectivity index (χ4n) is 4.40. The smallest absolute Gasteiger partial charge is 0.161 e. The van der Waals surface area contributed by atoms with E-state index in [1.807, 2.05) is 59.2 Å². The van der Waals surface area contributed by atoms with Crippen LogP contribution in [0.3, 0.4) is 0 Å². The Morgan fingerprint density at radius 1 is 0.969 bits per heavy atom. The van der Waals surface area contributed by atoms with E-state index in [2.05, 4.69) is 4.98 Å². The summed E-state index contributed by atoms with van der Waals surface area (Å²) in [7, 11) is 0. The third-order valence-electron chi connectivity index (χ3n) is 6.05. The number of fused-ring (bicyclic) bond motifs is 1. The zero-order valence-electron chi connectivity index (χ0n) is 17.5. The number of rotatable bonds is 6. The minimum atomic E-state index is -0.908. The van der Waals surface area contributed by atoms with Crippen molar-refractivity contribution in [3.05, 3.63) is 83.9 Å². The van der Waals surface area contributed by atoms with Gasteiger partial charge in [-0.25, -0.2) is 13.8 Å². The SMILES string of the molecule is Fc1cc2nc(-c3ccccc3OCC3CCC(Cl)C3)n(Cc3ccccc3)c2cc1F. The van der Waals surface area contributed by atoms with Gasteiger partial charge in [-0.2, -0.15) is 0 Å². The maximum absolute atomic E-state index is 14.1. The summed E-state index contributed by atoms with van der Waals surface area (Å²) >= 11 is 6.25. The van der Waals surface area contributed by atoms with Gasteiger partial charge in [0.25, 0.3) is 0 Å². The van der Waals surface area contributed by atoms with Crippen molar-refractivity contribution in [1.29, 1.82) is 0 Å². The van der Waals surface area contributed by atoms with Crippen LogP contribution in [0.4, 0.5) is 8.78 Å². The highest BCUT2D eigenvalue weighted by molar-refractivity contribution is 6.20. The molecule has 0 spiro atoms. The molecule has 0 aliphatic heterocycles. The van der Waals surface area contributed by atoms with Crippen molar-refractivity contribution in [2.45, 2.75) is 31.2 Å². The van der Waals surface area contributed by atoms with Crippen LogP contribution < -0.4 is 4.74 Å². The summed E-state index contributed by atoms with van der Waals surface area (Å²) in [6, 6.07) is 19.9. The molecule has 1 aromatic heterocycles. The molecule has 4 aromatic rings. The van der Waals surface area contributed by atoms with Gasteiger partial charge in [0.1, 0.15) is 11.6 Å². The largest absolute Gasteiger partial charge is 0.493 e. The van der Waals surface area contributed by atoms with Gasteiger partial charge in [-0.05, 0) is 42.9 Å². The zero-order valence-corrected chi connectivity index (χ0v) is 18.2. The molecule has 3 nitrogen and oxygen atoms in total. The summed E-state index contributed by atoms with van der Waals surface area (Å²) < 4.78 is 36.2. The van der Waals surface area contributed by atoms with E-state index in [1.165, 1.54) is 6.07 Å². The third kappa shape index (κ3) is 4.22. The normalized spacial score (nSPS) is 18.3. The topological polar surface area (TPSA) is 27.1 Å². The van der Waals surface area contributed by atoms with Crippen LogP contribution in [-0.2, 0) is 6.54 Å². The van der Waals surface area contributed by atoms with Crippen molar-refractivity contribution < 1.29 is 13.5 Å². The highest BCUT2D eigenvalue weighted by Gasteiger charge is 2.24. The molecule has 1 aliphatic rings. The first-order chi connectivity index (χ1) is 15.6. The number of ether oxygens (including phenoxy) is 1. The summed E-state index contributed by atoms with van der Waals surface area (Å²) in [4.78, 5) is 4.69. The highest BCUT2D eigenvalue weighted by Crippen LogP contribution is 2.35. The van der Waals surface area contributed by atoms with Gasteiger partial charge in [-0.3, -0.25) is 0 Å². The van der Waals surface area contributed by atoms with E-state index in [0.717, 1.165) is 36.5 Å². The molecule has 2 atom stereocenters. The molecule has 6 heteroatoms. The molecule has 0 N–H and O–H groups in total. The van der Waals surface area contributed by atoms with Gasteiger partial charge < -0.3 is 9.30 Å². The summed E-state index contributed by atoms with van der Waals surface area (Å²) in [5, 5.41) is 0.221. The Bertz CT molecular complexity index is 1240. The lowest BCUT2D eigenvalue weighted by atomic mass is 10.1. The van der Waals surface area contributed by atoms with Gasteiger partial charge in [-0.1, -0.05) is 42.5 Å². The van der Waals surface area contributed by atoms with Crippen LogP contribution in [0.25, 0.3) is 22.4 Å². The highest BCUT2D eigenvalue weighted by atomic mass is 35.5. The second-order valence-electron chi connectivity index (χ2n) is 8.35. The summed E-state index contributed by atoms with van der Waals surface area (Å²) in [6.07, 6.45) is 3.03. The van der Waals surface area contributed by atoms with Crippen molar-refractivity contribution in [2.75, 3.05) is 6.61 Å². The number of hydrogen-bond donors (Lipinski definition) is 0. The van der Waals surface area contributed by atoms with E-state index >= 15 is 0 Å². The van der Waals surface area contributed by atoms with Crippen LogP contribution in [0.2, 0.25) is 0 Å². The lowest BCUT2D eigenvalue weighted by Crippen LogP contribution is -2.10. The predicted octanol–water partition coefficient (Wildman–Crippen LogP) is 6.82. The average Bonchev–Trinajstić information content (AvgIpc) is 3.37. The second kappa shape index (κ2) is 8.91. The monoisotopic (exact) mass is 452 g/mol. The second-order valence-corrected chi connectivity index (χ2v) is 8.96. The summed E-state index contributed by atoms with van der Waals surface area (Å²) in [5.41, 5.74) is 2.78. The van der Waals surface area contributed by atoms with Gasteiger partial charge in [0, 0.05) is 24.1 Å². The zero-order chi connectivity index (χ0) is 22.1. The van der Waals surface area contributed by atoms with E-state index in [-0.39, 0.29) is 5.38 Å². The van der Waals surface area contributed by atoms with Crippen LogP contribution in [0, 0.1) is 17.6 Å². The molecule has 3 aromatic carbocycles. The Hall–Kier alpha value is -2.92. The Morgan fingerprint density at radius 2 is 1.72 bits per heavy atom. The van der Waals surface area contributed by atoms with Crippen molar-refractivity contribution in [3.63, 3.8) is 0 Å². The lowest BCUT2D eigenvalue weighted by Gasteiger charge is -2.16. The Kier molecular flexibility index (Phi) is 5.83. The van der Waals surface area contributed by atoms with E-state index in [0.29, 0.717) is 41.7 Å². The minimum absolute atomic E-state index is 0.221. The molecular formula is C26H23ClF2N2O. The molecule has 2 unspecified atom stereocenters. The molecular weight excluding hydrogens is 430 g/mol. The molecule has 0 bridgehead atoms. The molecule has 5 rings (SSSR count). The Balaban J connectivity index is 1.57. The van der Waals surface area contributed by atoms with Crippen LogP contribution >= 0.6 is 11.6 Å². The molecule has 0 amide bonds. The van der Waals surface area contributed by atoms with Gasteiger partial charge >= 0.3 is 0 Å². The maximum Gasteiger partial charge on any atom is 0.161 e. The molecule has 1 fully saturated rings. The molecule has 0 saturated heterocycles. The molecule has 0 radical (unpaired) electrons. The number of halogens is 3. The first-order valence-corrected chi connectivity index (χ1v) is 11.3. The van der Waals surface area contributed by atoms with E-state index in [4.69, 9.17) is 16.3 Å². The van der Waals surface area contributed by atoms with E-state index in [9.17, 15) is 8.78 Å². The maximum atomic E-state index is 14.1. The Morgan fingerprint density at radius 3 is 2.50 bits per heavy atom. The van der Waals surface area contributed by atoms with Crippen LogP contribution in [0.5, 0.6) is 5.75 Å². The number of aromatic nitrogens is 2. The fraction of sp³-hybridized carbons (Fsp3) is 0.269. The molecule has 1 aliphatic carbocycles. The first-order valence-electron chi connectivity index (χ1n) is 10.8. The van der Waals surface area contributed by atoms with Crippen molar-refractivity contribution in [3.8, 4) is 17.1 Å². The van der Waals surface area contributed by atoms with Crippen molar-refractivity contribution in [2.24, 2.45) is 5.92 Å². The average molecular weight is 453 g/mol. The van der Waals surface area contributed by atoms with Crippen LogP contribution in [-0.4, -0.2) is 21.5 Å². The predicted molar refractivity (Wildman–Crippen MR) is 123 cm³/mol. The standard InChI is InChI=1S/C26H23ClF2N2O/c27-19-11-10-18(12-19)16-32-25-9-5-4-8-20(25)26-30-23-13-21(28)22(29)14-24(23)31(26)15-17-6-2-1-3-7-17/h1-9,13-14,18-19H,10-12,15-16H2. The molecule has 164 valence electrons. The van der Waals surface area contributed by atoms with Gasteiger partial charge in [0.05, 0.1) is 23.2 Å². The number of imidazole rings is 1. The van der Waals surface area contributed by atoms with Crippen molar-refractivity contribution in [1.82, 2.24) is 9.55 Å². The quantitative estimate of drug-likeness (QED) is 0.300. The van der Waals surface area contributed by atoms with Crippen LogP contribution in [0.1, 0.15) is 24.8 Å². The number of alkyl halides is 1. The number of benzene rings is 3. The van der Waals surface area contributed by atoms with E-state index < -0.39 is 11.6 Å². The third-order valence-corrected chi connectivity index (χ3v) is 6.45. The van der Waals surface area contributed by atoms with Gasteiger partial charge in [-0.15, -0.1) is 11.6 Å². The van der Waals surface area contributed by atoms with Crippen LogP contribution in [0.15, 0.2) is 66.7 Å². The Labute approximate surface area is 190 Å². The molecule has 32 heavy (non-hydrogen) atoms. The molecule has 1 saturated carbocycles. The van der Waals surface area contributed by atoms with Gasteiger partial charge in [0.2, 0.25) is 0 Å². The number of para-hydroxylation sites is 1. The summed E-state index contributed by atoms with van der Waals surface area (Å²) in [5.74, 6) is -0.0477. The van der Waals surface area contributed by atoms with E-state index in [1.54, 1.807) is 0 Å².